The van der Waals surface area contributed by atoms with Crippen molar-refractivity contribution in [3.8, 4) is 0 Å². The average Bonchev–Trinajstić information content (AvgIpc) is 1.94. The Bertz CT molecular complexity index is 419. The second-order valence-electron chi connectivity index (χ2n) is 2.46. The van der Waals surface area contributed by atoms with Gasteiger partial charge in [0.1, 0.15) is 5.75 Å². The summed E-state index contributed by atoms with van der Waals surface area (Å²) in [6.45, 7) is 0. The number of halogens is 2. The molecule has 0 spiro atoms. The van der Waals surface area contributed by atoms with Crippen LogP contribution in [0.25, 0.3) is 0 Å². The van der Waals surface area contributed by atoms with E-state index in [1.807, 2.05) is 0 Å². The minimum atomic E-state index is -4.06. The second kappa shape index (κ2) is 5.70. The molecule has 0 bridgehead atoms. The van der Waals surface area contributed by atoms with Crippen LogP contribution in [0.5, 0.6) is 0 Å². The van der Waals surface area contributed by atoms with Crippen molar-refractivity contribution in [1.29, 1.82) is 0 Å². The summed E-state index contributed by atoms with van der Waals surface area (Å²) in [5.74, 6) is -0.521. The molecular weight excluding hydrogens is 258 g/mol. The van der Waals surface area contributed by atoms with E-state index in [4.69, 9.17) is 27.8 Å². The van der Waals surface area contributed by atoms with Crippen LogP contribution in [0.2, 0.25) is 10.0 Å². The standard InChI is InChI=1S/C7H6Cl2O3S.Na.H/c8-6-1-2-7(9)5(3-6)4-13(10,11)12;;/h1-3H,4H2,(H,10,11,12);;. The summed E-state index contributed by atoms with van der Waals surface area (Å²) in [6, 6.07) is 4.42. The average molecular weight is 265 g/mol. The van der Waals surface area contributed by atoms with Gasteiger partial charge in [-0.25, -0.2) is 0 Å². The van der Waals surface area contributed by atoms with Gasteiger partial charge in [0, 0.05) is 10.0 Å². The van der Waals surface area contributed by atoms with Gasteiger partial charge >= 0.3 is 29.6 Å². The van der Waals surface area contributed by atoms with E-state index in [0.717, 1.165) is 0 Å². The molecule has 1 aromatic carbocycles. The van der Waals surface area contributed by atoms with Crippen molar-refractivity contribution in [2.45, 2.75) is 5.75 Å². The van der Waals surface area contributed by atoms with Crippen LogP contribution in [0.15, 0.2) is 18.2 Å². The molecule has 0 saturated carbocycles. The zero-order valence-corrected chi connectivity index (χ0v) is 8.70. The van der Waals surface area contributed by atoms with Crippen molar-refractivity contribution in [1.82, 2.24) is 0 Å². The predicted octanol–water partition coefficient (Wildman–Crippen LogP) is 1.73. The molecule has 0 fully saturated rings. The first kappa shape index (κ1) is 14.7. The maximum absolute atomic E-state index is 10.5. The Hall–Kier alpha value is 0.710. The molecule has 0 saturated heterocycles. The Morgan fingerprint density at radius 2 is 1.86 bits per heavy atom. The Morgan fingerprint density at radius 3 is 2.36 bits per heavy atom. The molecule has 7 heteroatoms. The monoisotopic (exact) mass is 264 g/mol. The molecule has 1 aromatic rings. The Balaban J connectivity index is 0.00000169. The maximum atomic E-state index is 10.5. The molecule has 0 aliphatic rings. The molecule has 3 nitrogen and oxygen atoms in total. The first-order valence-electron chi connectivity index (χ1n) is 3.27. The van der Waals surface area contributed by atoms with Gasteiger partial charge in [-0.15, -0.1) is 0 Å². The molecule has 0 aromatic heterocycles. The van der Waals surface area contributed by atoms with E-state index in [0.29, 0.717) is 5.02 Å². The van der Waals surface area contributed by atoms with E-state index in [1.165, 1.54) is 18.2 Å². The van der Waals surface area contributed by atoms with Crippen molar-refractivity contribution < 1.29 is 13.0 Å². The van der Waals surface area contributed by atoms with Gasteiger partial charge in [-0.3, -0.25) is 4.55 Å². The van der Waals surface area contributed by atoms with Gasteiger partial charge in [-0.2, -0.15) is 8.42 Å². The van der Waals surface area contributed by atoms with Gasteiger partial charge < -0.3 is 0 Å². The summed E-state index contributed by atoms with van der Waals surface area (Å²) < 4.78 is 29.6. The zero-order chi connectivity index (χ0) is 10.1. The van der Waals surface area contributed by atoms with Gasteiger partial charge in [-0.1, -0.05) is 23.2 Å². The van der Waals surface area contributed by atoms with Gasteiger partial charge in [-0.05, 0) is 23.8 Å². The van der Waals surface area contributed by atoms with Crippen molar-refractivity contribution in [3.05, 3.63) is 33.8 Å². The Labute approximate surface area is 114 Å². The second-order valence-corrected chi connectivity index (χ2v) is 4.76. The van der Waals surface area contributed by atoms with Crippen LogP contribution in [0.3, 0.4) is 0 Å². The van der Waals surface area contributed by atoms with E-state index < -0.39 is 15.9 Å². The molecule has 1 rings (SSSR count). The van der Waals surface area contributed by atoms with Crippen molar-refractivity contribution >= 4 is 62.9 Å². The van der Waals surface area contributed by atoms with Crippen LogP contribution in [0.1, 0.15) is 5.56 Å². The number of hydrogen-bond donors (Lipinski definition) is 1. The Kier molecular flexibility index (Phi) is 5.99. The summed E-state index contributed by atoms with van der Waals surface area (Å²) >= 11 is 11.3. The van der Waals surface area contributed by atoms with Crippen LogP contribution in [-0.4, -0.2) is 42.5 Å². The van der Waals surface area contributed by atoms with Crippen molar-refractivity contribution in [2.24, 2.45) is 0 Å². The van der Waals surface area contributed by atoms with E-state index in [2.05, 4.69) is 0 Å². The van der Waals surface area contributed by atoms with E-state index >= 15 is 0 Å². The molecule has 74 valence electrons. The first-order chi connectivity index (χ1) is 5.88. The fourth-order valence-corrected chi connectivity index (χ4v) is 1.94. The molecule has 0 atom stereocenters. The fraction of sp³-hybridized carbons (Fsp3) is 0.143. The number of hydrogen-bond acceptors (Lipinski definition) is 2. The zero-order valence-electron chi connectivity index (χ0n) is 6.37. The van der Waals surface area contributed by atoms with E-state index in [9.17, 15) is 8.42 Å². The summed E-state index contributed by atoms with van der Waals surface area (Å²) in [5, 5.41) is 0.644. The quantitative estimate of drug-likeness (QED) is 0.654. The van der Waals surface area contributed by atoms with Crippen molar-refractivity contribution in [3.63, 3.8) is 0 Å². The predicted molar refractivity (Wildman–Crippen MR) is 58.9 cm³/mol. The summed E-state index contributed by atoms with van der Waals surface area (Å²) in [7, 11) is -4.06. The minimum absolute atomic E-state index is 0. The van der Waals surface area contributed by atoms with Gasteiger partial charge in [0.2, 0.25) is 0 Å². The molecule has 0 radical (unpaired) electrons. The first-order valence-corrected chi connectivity index (χ1v) is 5.64. The molecule has 0 heterocycles. The third-order valence-electron chi connectivity index (χ3n) is 1.35. The van der Waals surface area contributed by atoms with Gasteiger partial charge in [0.25, 0.3) is 10.1 Å². The molecular formula is C7H7Cl2NaO3S. The molecule has 0 amide bonds. The van der Waals surface area contributed by atoms with E-state index in [-0.39, 0.29) is 40.1 Å². The van der Waals surface area contributed by atoms with Crippen LogP contribution in [-0.2, 0) is 15.9 Å². The molecule has 0 unspecified atom stereocenters. The number of benzene rings is 1. The van der Waals surface area contributed by atoms with Crippen LogP contribution in [0, 0.1) is 0 Å². The summed E-state index contributed by atoms with van der Waals surface area (Å²) in [6.07, 6.45) is 0. The van der Waals surface area contributed by atoms with Gasteiger partial charge in [0.05, 0.1) is 0 Å². The van der Waals surface area contributed by atoms with Crippen LogP contribution < -0.4 is 0 Å². The van der Waals surface area contributed by atoms with E-state index in [1.54, 1.807) is 0 Å². The van der Waals surface area contributed by atoms with Gasteiger partial charge in [0.15, 0.2) is 0 Å². The third-order valence-corrected chi connectivity index (χ3v) is 2.63. The molecule has 0 aliphatic carbocycles. The molecule has 14 heavy (non-hydrogen) atoms. The molecule has 1 N–H and O–H groups in total. The van der Waals surface area contributed by atoms with Crippen LogP contribution >= 0.6 is 23.2 Å². The summed E-state index contributed by atoms with van der Waals surface area (Å²) in [5.41, 5.74) is 0.289. The SMILES string of the molecule is O=S(=O)(O)Cc1cc(Cl)ccc1Cl.[NaH]. The fourth-order valence-electron chi connectivity index (χ4n) is 0.850. The normalized spacial score (nSPS) is 10.8. The summed E-state index contributed by atoms with van der Waals surface area (Å²) in [4.78, 5) is 0. The molecule has 0 aliphatic heterocycles. The van der Waals surface area contributed by atoms with Crippen molar-refractivity contribution in [2.75, 3.05) is 0 Å². The Morgan fingerprint density at radius 1 is 1.29 bits per heavy atom. The number of rotatable bonds is 2. The topological polar surface area (TPSA) is 54.4 Å². The van der Waals surface area contributed by atoms with Crippen LogP contribution in [0.4, 0.5) is 0 Å². The third kappa shape index (κ3) is 4.98.